The van der Waals surface area contributed by atoms with E-state index in [-0.39, 0.29) is 11.9 Å². The maximum Gasteiger partial charge on any atom is 0.123 e. The van der Waals surface area contributed by atoms with Gasteiger partial charge in [0.2, 0.25) is 0 Å². The smallest absolute Gasteiger partial charge is 0.123 e. The van der Waals surface area contributed by atoms with Crippen molar-refractivity contribution >= 4 is 0 Å². The van der Waals surface area contributed by atoms with Crippen molar-refractivity contribution in [2.75, 3.05) is 13.6 Å². The van der Waals surface area contributed by atoms with Gasteiger partial charge < -0.3 is 0 Å². The van der Waals surface area contributed by atoms with Crippen LogP contribution in [-0.4, -0.2) is 24.7 Å². The Morgan fingerprint density at radius 2 is 2.21 bits per heavy atom. The molecule has 1 heterocycles. The van der Waals surface area contributed by atoms with Crippen LogP contribution in [0.25, 0.3) is 0 Å². The summed E-state index contributed by atoms with van der Waals surface area (Å²) in [7, 11) is 1.87. The molecule has 1 aromatic rings. The maximum absolute atomic E-state index is 13.1. The number of nitrogens with zero attached hydrogens (tertiary/aromatic N) is 1. The maximum atomic E-state index is 13.1. The first-order valence-electron chi connectivity index (χ1n) is 4.76. The lowest BCUT2D eigenvalue weighted by atomic mass is 10.0. The zero-order valence-electron chi connectivity index (χ0n) is 8.08. The minimum Gasteiger partial charge on any atom is -0.296 e. The highest BCUT2D eigenvalue weighted by molar-refractivity contribution is 5.21. The average molecular weight is 197 g/mol. The van der Waals surface area contributed by atoms with Crippen LogP contribution < -0.4 is 0 Å². The predicted molar refractivity (Wildman–Crippen MR) is 51.3 cm³/mol. The van der Waals surface area contributed by atoms with E-state index in [1.165, 1.54) is 12.1 Å². The SMILES string of the molecule is CN1CC(F)CC1c1cccc(F)c1. The molecule has 0 radical (unpaired) electrons. The van der Waals surface area contributed by atoms with E-state index < -0.39 is 6.17 Å². The molecule has 1 aromatic carbocycles. The van der Waals surface area contributed by atoms with Gasteiger partial charge in [-0.1, -0.05) is 12.1 Å². The third kappa shape index (κ3) is 1.77. The lowest BCUT2D eigenvalue weighted by Gasteiger charge is -2.18. The Morgan fingerprint density at radius 1 is 1.43 bits per heavy atom. The highest BCUT2D eigenvalue weighted by Gasteiger charge is 2.30. The van der Waals surface area contributed by atoms with Crippen molar-refractivity contribution in [1.29, 1.82) is 0 Å². The van der Waals surface area contributed by atoms with Crippen LogP contribution in [0.2, 0.25) is 0 Å². The predicted octanol–water partition coefficient (Wildman–Crippen LogP) is 2.54. The van der Waals surface area contributed by atoms with Gasteiger partial charge >= 0.3 is 0 Å². The van der Waals surface area contributed by atoms with Crippen LogP contribution in [0, 0.1) is 5.82 Å². The van der Waals surface area contributed by atoms with Crippen molar-refractivity contribution in [2.45, 2.75) is 18.6 Å². The van der Waals surface area contributed by atoms with Crippen molar-refractivity contribution < 1.29 is 8.78 Å². The van der Waals surface area contributed by atoms with Crippen molar-refractivity contribution in [3.8, 4) is 0 Å². The molecule has 0 spiro atoms. The third-order valence-electron chi connectivity index (χ3n) is 2.73. The van der Waals surface area contributed by atoms with Crippen LogP contribution in [0.4, 0.5) is 8.78 Å². The van der Waals surface area contributed by atoms with E-state index in [9.17, 15) is 8.78 Å². The third-order valence-corrected chi connectivity index (χ3v) is 2.73. The van der Waals surface area contributed by atoms with Gasteiger partial charge in [0.1, 0.15) is 12.0 Å². The molecule has 0 amide bonds. The summed E-state index contributed by atoms with van der Waals surface area (Å²) in [5, 5.41) is 0. The van der Waals surface area contributed by atoms with Crippen molar-refractivity contribution in [3.05, 3.63) is 35.6 Å². The van der Waals surface area contributed by atoms with Crippen LogP contribution in [-0.2, 0) is 0 Å². The molecule has 14 heavy (non-hydrogen) atoms. The van der Waals surface area contributed by atoms with E-state index in [0.29, 0.717) is 13.0 Å². The van der Waals surface area contributed by atoms with Crippen LogP contribution in [0.1, 0.15) is 18.0 Å². The molecular weight excluding hydrogens is 184 g/mol. The molecule has 0 saturated carbocycles. The monoisotopic (exact) mass is 197 g/mol. The molecule has 0 bridgehead atoms. The second kappa shape index (κ2) is 3.65. The molecule has 2 atom stereocenters. The van der Waals surface area contributed by atoms with E-state index >= 15 is 0 Å². The van der Waals surface area contributed by atoms with Crippen molar-refractivity contribution in [1.82, 2.24) is 4.90 Å². The van der Waals surface area contributed by atoms with Gasteiger partial charge in [-0.2, -0.15) is 0 Å². The molecule has 2 unspecified atom stereocenters. The highest BCUT2D eigenvalue weighted by atomic mass is 19.1. The number of rotatable bonds is 1. The normalized spacial score (nSPS) is 28.2. The summed E-state index contributed by atoms with van der Waals surface area (Å²) < 4.78 is 26.0. The van der Waals surface area contributed by atoms with Gasteiger partial charge in [-0.05, 0) is 31.2 Å². The summed E-state index contributed by atoms with van der Waals surface area (Å²) >= 11 is 0. The Morgan fingerprint density at radius 3 is 2.79 bits per heavy atom. The molecular formula is C11H13F2N. The molecule has 2 rings (SSSR count). The Balaban J connectivity index is 2.23. The fourth-order valence-corrected chi connectivity index (χ4v) is 2.04. The van der Waals surface area contributed by atoms with Gasteiger partial charge in [-0.15, -0.1) is 0 Å². The van der Waals surface area contributed by atoms with Crippen molar-refractivity contribution in [3.63, 3.8) is 0 Å². The standard InChI is InChI=1S/C11H13F2N/c1-14-7-10(13)6-11(14)8-3-2-4-9(12)5-8/h2-5,10-11H,6-7H2,1H3. The molecule has 3 heteroatoms. The summed E-state index contributed by atoms with van der Waals surface area (Å²) in [6, 6.07) is 6.44. The van der Waals surface area contributed by atoms with Crippen LogP contribution in [0.15, 0.2) is 24.3 Å². The van der Waals surface area contributed by atoms with Gasteiger partial charge in [0.25, 0.3) is 0 Å². The van der Waals surface area contributed by atoms with E-state index in [2.05, 4.69) is 0 Å². The minimum atomic E-state index is -0.784. The first-order chi connectivity index (χ1) is 6.66. The number of halogens is 2. The van der Waals surface area contributed by atoms with Gasteiger partial charge in [-0.25, -0.2) is 8.78 Å². The first kappa shape index (κ1) is 9.59. The topological polar surface area (TPSA) is 3.24 Å². The summed E-state index contributed by atoms with van der Waals surface area (Å²) in [5.41, 5.74) is 0.868. The number of hydrogen-bond acceptors (Lipinski definition) is 1. The fourth-order valence-electron chi connectivity index (χ4n) is 2.04. The second-order valence-corrected chi connectivity index (χ2v) is 3.84. The molecule has 1 nitrogen and oxygen atoms in total. The van der Waals surface area contributed by atoms with Crippen LogP contribution >= 0.6 is 0 Å². The Labute approximate surface area is 82.3 Å². The molecule has 1 aliphatic heterocycles. The zero-order chi connectivity index (χ0) is 10.1. The summed E-state index contributed by atoms with van der Waals surface area (Å²) in [6.07, 6.45) is -0.312. The number of hydrogen-bond donors (Lipinski definition) is 0. The fraction of sp³-hybridized carbons (Fsp3) is 0.455. The Hall–Kier alpha value is -0.960. The van der Waals surface area contributed by atoms with Gasteiger partial charge in [0.05, 0.1) is 0 Å². The largest absolute Gasteiger partial charge is 0.296 e. The quantitative estimate of drug-likeness (QED) is 0.668. The van der Waals surface area contributed by atoms with E-state index in [0.717, 1.165) is 5.56 Å². The molecule has 0 aromatic heterocycles. The van der Waals surface area contributed by atoms with Crippen LogP contribution in [0.3, 0.4) is 0 Å². The van der Waals surface area contributed by atoms with E-state index in [1.54, 1.807) is 6.07 Å². The summed E-state index contributed by atoms with van der Waals surface area (Å²) in [6.45, 7) is 0.446. The molecule has 0 N–H and O–H groups in total. The molecule has 0 aliphatic carbocycles. The van der Waals surface area contributed by atoms with Gasteiger partial charge in [-0.3, -0.25) is 4.90 Å². The first-order valence-corrected chi connectivity index (χ1v) is 4.76. The average Bonchev–Trinajstić information content (AvgIpc) is 2.45. The molecule has 76 valence electrons. The molecule has 1 aliphatic rings. The number of likely N-dealkylation sites (tertiary alicyclic amines) is 1. The van der Waals surface area contributed by atoms with Gasteiger partial charge in [0, 0.05) is 12.6 Å². The van der Waals surface area contributed by atoms with E-state index in [1.807, 2.05) is 18.0 Å². The van der Waals surface area contributed by atoms with Crippen LogP contribution in [0.5, 0.6) is 0 Å². The minimum absolute atomic E-state index is 0.0284. The summed E-state index contributed by atoms with van der Waals surface area (Å²) in [4.78, 5) is 1.93. The number of benzene rings is 1. The molecule has 1 saturated heterocycles. The summed E-state index contributed by atoms with van der Waals surface area (Å²) in [5.74, 6) is -0.252. The number of alkyl halides is 1. The zero-order valence-corrected chi connectivity index (χ0v) is 8.08. The Kier molecular flexibility index (Phi) is 2.50. The second-order valence-electron chi connectivity index (χ2n) is 3.84. The molecule has 1 fully saturated rings. The lowest BCUT2D eigenvalue weighted by molar-refractivity contribution is 0.297. The van der Waals surface area contributed by atoms with Gasteiger partial charge in [0.15, 0.2) is 0 Å². The van der Waals surface area contributed by atoms with E-state index in [4.69, 9.17) is 0 Å². The lowest BCUT2D eigenvalue weighted by Crippen LogP contribution is -2.18. The highest BCUT2D eigenvalue weighted by Crippen LogP contribution is 2.32. The Bertz CT molecular complexity index is 327. The van der Waals surface area contributed by atoms with Crippen molar-refractivity contribution in [2.24, 2.45) is 0 Å².